The molecule has 0 amide bonds. The SMILES string of the molecule is Cc1[nH]nc(S(=O)(=O)N2C(C)CCCC2C)c1C(=O)O. The molecule has 0 aliphatic carbocycles. The number of aryl methyl sites for hydroxylation is 1. The molecule has 0 saturated carbocycles. The van der Waals surface area contributed by atoms with Crippen molar-refractivity contribution in [3.8, 4) is 0 Å². The average Bonchev–Trinajstić information content (AvgIpc) is 2.71. The van der Waals surface area contributed by atoms with Crippen LogP contribution in [0.15, 0.2) is 5.03 Å². The average molecular weight is 301 g/mol. The number of piperidine rings is 1. The van der Waals surface area contributed by atoms with Crippen molar-refractivity contribution in [1.29, 1.82) is 0 Å². The van der Waals surface area contributed by atoms with Crippen LogP contribution in [0.25, 0.3) is 0 Å². The third-order valence-electron chi connectivity index (χ3n) is 3.76. The monoisotopic (exact) mass is 301 g/mol. The first-order chi connectivity index (χ1) is 9.26. The zero-order chi connectivity index (χ0) is 15.1. The molecule has 8 heteroatoms. The second kappa shape index (κ2) is 5.17. The Hall–Kier alpha value is -1.41. The summed E-state index contributed by atoms with van der Waals surface area (Å²) in [7, 11) is -3.91. The van der Waals surface area contributed by atoms with Crippen LogP contribution < -0.4 is 0 Å². The van der Waals surface area contributed by atoms with Crippen LogP contribution in [0.2, 0.25) is 0 Å². The number of hydrogen-bond acceptors (Lipinski definition) is 4. The van der Waals surface area contributed by atoms with E-state index in [1.807, 2.05) is 13.8 Å². The summed E-state index contributed by atoms with van der Waals surface area (Å²) in [5.41, 5.74) is -0.0247. The van der Waals surface area contributed by atoms with Crippen molar-refractivity contribution in [3.63, 3.8) is 0 Å². The fourth-order valence-corrected chi connectivity index (χ4v) is 4.83. The molecule has 2 N–H and O–H groups in total. The van der Waals surface area contributed by atoms with E-state index >= 15 is 0 Å². The van der Waals surface area contributed by atoms with Crippen LogP contribution in [0.1, 0.15) is 49.2 Å². The van der Waals surface area contributed by atoms with Crippen molar-refractivity contribution < 1.29 is 18.3 Å². The van der Waals surface area contributed by atoms with E-state index in [2.05, 4.69) is 10.2 Å². The summed E-state index contributed by atoms with van der Waals surface area (Å²) >= 11 is 0. The maximum Gasteiger partial charge on any atom is 0.340 e. The predicted octanol–water partition coefficient (Wildman–Crippen LogP) is 1.37. The number of nitrogens with zero attached hydrogens (tertiary/aromatic N) is 2. The fourth-order valence-electron chi connectivity index (χ4n) is 2.82. The number of rotatable bonds is 3. The Morgan fingerprint density at radius 2 is 1.90 bits per heavy atom. The lowest BCUT2D eigenvalue weighted by molar-refractivity contribution is 0.0691. The Balaban J connectivity index is 2.53. The smallest absolute Gasteiger partial charge is 0.340 e. The lowest BCUT2D eigenvalue weighted by Crippen LogP contribution is -2.47. The fraction of sp³-hybridized carbons (Fsp3) is 0.667. The van der Waals surface area contributed by atoms with E-state index in [0.717, 1.165) is 19.3 Å². The predicted molar refractivity (Wildman–Crippen MR) is 72.1 cm³/mol. The number of nitrogens with one attached hydrogen (secondary N) is 1. The molecule has 1 aliphatic rings. The minimum absolute atomic E-state index is 0.151. The number of hydrogen-bond donors (Lipinski definition) is 2. The van der Waals surface area contributed by atoms with Crippen LogP contribution in [-0.2, 0) is 10.0 Å². The number of aromatic amines is 1. The minimum atomic E-state index is -3.91. The molecule has 1 aromatic heterocycles. The van der Waals surface area contributed by atoms with Gasteiger partial charge in [0.25, 0.3) is 10.0 Å². The lowest BCUT2D eigenvalue weighted by Gasteiger charge is -2.37. The standard InChI is InChI=1S/C12H19N3O4S/c1-7-5-4-6-8(2)15(7)20(18,19)11-10(12(16)17)9(3)13-14-11/h7-8H,4-6H2,1-3H3,(H,13,14)(H,16,17). The van der Waals surface area contributed by atoms with Gasteiger partial charge in [-0.15, -0.1) is 0 Å². The summed E-state index contributed by atoms with van der Waals surface area (Å²) in [5.74, 6) is -1.29. The Morgan fingerprint density at radius 3 is 2.40 bits per heavy atom. The van der Waals surface area contributed by atoms with Gasteiger partial charge in [0.15, 0.2) is 0 Å². The Morgan fingerprint density at radius 1 is 1.35 bits per heavy atom. The number of sulfonamides is 1. The molecule has 2 atom stereocenters. The first-order valence-corrected chi connectivity index (χ1v) is 8.02. The second-order valence-corrected chi connectivity index (χ2v) is 7.06. The first kappa shape index (κ1) is 15.0. The number of carbonyl (C=O) groups is 1. The summed E-state index contributed by atoms with van der Waals surface area (Å²) in [4.78, 5) is 11.3. The van der Waals surface area contributed by atoms with Gasteiger partial charge in [0, 0.05) is 17.8 Å². The molecule has 1 fully saturated rings. The highest BCUT2D eigenvalue weighted by molar-refractivity contribution is 7.89. The molecule has 0 spiro atoms. The Labute approximate surface area is 118 Å². The van der Waals surface area contributed by atoms with Crippen molar-refractivity contribution in [1.82, 2.24) is 14.5 Å². The van der Waals surface area contributed by atoms with E-state index in [1.165, 1.54) is 11.2 Å². The van der Waals surface area contributed by atoms with Crippen molar-refractivity contribution in [2.24, 2.45) is 0 Å². The van der Waals surface area contributed by atoms with Crippen LogP contribution in [0.4, 0.5) is 0 Å². The van der Waals surface area contributed by atoms with E-state index in [-0.39, 0.29) is 28.4 Å². The first-order valence-electron chi connectivity index (χ1n) is 6.58. The van der Waals surface area contributed by atoms with Crippen molar-refractivity contribution in [2.45, 2.75) is 57.1 Å². The molecule has 2 rings (SSSR count). The highest BCUT2D eigenvalue weighted by Crippen LogP contribution is 2.30. The van der Waals surface area contributed by atoms with Gasteiger partial charge in [-0.2, -0.15) is 9.40 Å². The van der Waals surface area contributed by atoms with Crippen molar-refractivity contribution >= 4 is 16.0 Å². The number of H-pyrrole nitrogens is 1. The Kier molecular flexibility index (Phi) is 3.88. The molecule has 20 heavy (non-hydrogen) atoms. The summed E-state index contributed by atoms with van der Waals surface area (Å²) < 4.78 is 26.8. The van der Waals surface area contributed by atoms with Gasteiger partial charge < -0.3 is 5.11 Å². The normalized spacial score (nSPS) is 24.8. The molecular weight excluding hydrogens is 282 g/mol. The molecule has 2 unspecified atom stereocenters. The van der Waals surface area contributed by atoms with E-state index in [9.17, 15) is 18.3 Å². The van der Waals surface area contributed by atoms with Crippen LogP contribution in [0.5, 0.6) is 0 Å². The summed E-state index contributed by atoms with van der Waals surface area (Å²) in [5, 5.41) is 15.0. The molecule has 0 radical (unpaired) electrons. The van der Waals surface area contributed by atoms with E-state index < -0.39 is 16.0 Å². The highest BCUT2D eigenvalue weighted by atomic mass is 32.2. The zero-order valence-electron chi connectivity index (χ0n) is 11.8. The largest absolute Gasteiger partial charge is 0.478 e. The third-order valence-corrected chi connectivity index (χ3v) is 5.82. The highest BCUT2D eigenvalue weighted by Gasteiger charge is 2.39. The molecule has 1 saturated heterocycles. The summed E-state index contributed by atoms with van der Waals surface area (Å²) in [6.07, 6.45) is 2.52. The molecule has 1 aromatic rings. The van der Waals surface area contributed by atoms with Crippen molar-refractivity contribution in [2.75, 3.05) is 0 Å². The van der Waals surface area contributed by atoms with Gasteiger partial charge in [0.05, 0.1) is 0 Å². The van der Waals surface area contributed by atoms with Gasteiger partial charge in [-0.05, 0) is 33.6 Å². The van der Waals surface area contributed by atoms with Crippen LogP contribution >= 0.6 is 0 Å². The van der Waals surface area contributed by atoms with Gasteiger partial charge >= 0.3 is 5.97 Å². The van der Waals surface area contributed by atoms with Crippen LogP contribution in [0, 0.1) is 6.92 Å². The molecule has 7 nitrogen and oxygen atoms in total. The van der Waals surface area contributed by atoms with Crippen molar-refractivity contribution in [3.05, 3.63) is 11.3 Å². The van der Waals surface area contributed by atoms with Gasteiger partial charge in [-0.1, -0.05) is 6.42 Å². The van der Waals surface area contributed by atoms with Crippen LogP contribution in [0.3, 0.4) is 0 Å². The number of aromatic carboxylic acids is 1. The van der Waals surface area contributed by atoms with Gasteiger partial charge in [0.2, 0.25) is 5.03 Å². The number of carboxylic acids is 1. The van der Waals surface area contributed by atoms with Gasteiger partial charge in [-0.3, -0.25) is 5.10 Å². The third kappa shape index (κ3) is 2.33. The number of aromatic nitrogens is 2. The molecule has 2 heterocycles. The second-order valence-electron chi connectivity index (χ2n) is 5.30. The quantitative estimate of drug-likeness (QED) is 0.877. The minimum Gasteiger partial charge on any atom is -0.478 e. The molecule has 112 valence electrons. The van der Waals surface area contributed by atoms with E-state index in [0.29, 0.717) is 0 Å². The lowest BCUT2D eigenvalue weighted by atomic mass is 10.0. The topological polar surface area (TPSA) is 103 Å². The maximum absolute atomic E-state index is 12.7. The summed E-state index contributed by atoms with van der Waals surface area (Å²) in [6, 6.07) is -0.301. The number of carboxylic acid groups (broad SMARTS) is 1. The molecular formula is C12H19N3O4S. The van der Waals surface area contributed by atoms with E-state index in [4.69, 9.17) is 0 Å². The maximum atomic E-state index is 12.7. The molecule has 0 aromatic carbocycles. The van der Waals surface area contributed by atoms with Gasteiger partial charge in [-0.25, -0.2) is 13.2 Å². The molecule has 1 aliphatic heterocycles. The zero-order valence-corrected chi connectivity index (χ0v) is 12.6. The van der Waals surface area contributed by atoms with Gasteiger partial charge in [0.1, 0.15) is 5.56 Å². The molecule has 0 bridgehead atoms. The van der Waals surface area contributed by atoms with E-state index in [1.54, 1.807) is 0 Å². The Bertz CT molecular complexity index is 613. The van der Waals surface area contributed by atoms with Crippen LogP contribution in [-0.4, -0.2) is 46.1 Å². The summed E-state index contributed by atoms with van der Waals surface area (Å²) in [6.45, 7) is 5.18.